The van der Waals surface area contributed by atoms with E-state index < -0.39 is 11.9 Å². The number of carbonyl (C=O) groups excluding carboxylic acids is 2. The van der Waals surface area contributed by atoms with Gasteiger partial charge in [0, 0.05) is 5.56 Å². The van der Waals surface area contributed by atoms with Crippen LogP contribution in [0, 0.1) is 0 Å². The zero-order valence-corrected chi connectivity index (χ0v) is 12.1. The number of carbonyl (C=O) groups is 2. The van der Waals surface area contributed by atoms with E-state index in [1.807, 2.05) is 5.43 Å². The minimum atomic E-state index is -0.579. The van der Waals surface area contributed by atoms with Crippen LogP contribution in [0.1, 0.15) is 20.7 Å². The van der Waals surface area contributed by atoms with Crippen molar-refractivity contribution in [1.82, 2.24) is 5.43 Å². The van der Waals surface area contributed by atoms with Crippen LogP contribution < -0.4 is 16.0 Å². The van der Waals surface area contributed by atoms with Crippen LogP contribution in [-0.4, -0.2) is 11.9 Å². The molecule has 2 aromatic carbocycles. The van der Waals surface area contributed by atoms with Gasteiger partial charge in [0.25, 0.3) is 5.91 Å². The first-order valence-electron chi connectivity index (χ1n) is 5.79. The topological polar surface area (TPSA) is 81.4 Å². The number of hydrazine groups is 1. The Morgan fingerprint density at radius 1 is 0.952 bits per heavy atom. The summed E-state index contributed by atoms with van der Waals surface area (Å²) in [4.78, 5) is 23.2. The van der Waals surface area contributed by atoms with Crippen LogP contribution in [-0.2, 0) is 0 Å². The number of esters is 1. The van der Waals surface area contributed by atoms with Crippen molar-refractivity contribution >= 4 is 35.1 Å². The molecule has 1 amide bonds. The second-order valence-corrected chi connectivity index (χ2v) is 4.83. The van der Waals surface area contributed by atoms with Crippen molar-refractivity contribution < 1.29 is 14.3 Å². The van der Waals surface area contributed by atoms with Gasteiger partial charge in [0.15, 0.2) is 0 Å². The second kappa shape index (κ2) is 6.58. The largest absolute Gasteiger partial charge is 0.423 e. The lowest BCUT2D eigenvalue weighted by atomic mass is 10.2. The molecule has 108 valence electrons. The van der Waals surface area contributed by atoms with Gasteiger partial charge < -0.3 is 4.74 Å². The van der Waals surface area contributed by atoms with Crippen LogP contribution in [0.4, 0.5) is 0 Å². The van der Waals surface area contributed by atoms with Gasteiger partial charge in [0.1, 0.15) is 5.75 Å². The van der Waals surface area contributed by atoms with Gasteiger partial charge in [-0.25, -0.2) is 10.6 Å². The van der Waals surface area contributed by atoms with Gasteiger partial charge in [-0.15, -0.1) is 0 Å². The van der Waals surface area contributed by atoms with Crippen LogP contribution in [0.2, 0.25) is 10.0 Å². The Morgan fingerprint density at radius 2 is 1.57 bits per heavy atom. The molecule has 0 aliphatic rings. The molecular formula is C14H10Cl2N2O3. The maximum Gasteiger partial charge on any atom is 0.343 e. The Labute approximate surface area is 130 Å². The lowest BCUT2D eigenvalue weighted by Crippen LogP contribution is -2.29. The smallest absolute Gasteiger partial charge is 0.343 e. The van der Waals surface area contributed by atoms with Crippen molar-refractivity contribution in [2.75, 3.05) is 0 Å². The number of hydrogen-bond donors (Lipinski definition) is 2. The lowest BCUT2D eigenvalue weighted by Gasteiger charge is -2.06. The minimum absolute atomic E-state index is 0.265. The third-order valence-corrected chi connectivity index (χ3v) is 3.35. The molecule has 0 atom stereocenters. The van der Waals surface area contributed by atoms with Gasteiger partial charge >= 0.3 is 5.97 Å². The number of nitrogens with two attached hydrogens (primary N) is 1. The monoisotopic (exact) mass is 324 g/mol. The first-order chi connectivity index (χ1) is 10.0. The van der Waals surface area contributed by atoms with E-state index in [1.165, 1.54) is 42.5 Å². The Bertz CT molecular complexity index is 687. The number of hydrogen-bond acceptors (Lipinski definition) is 4. The summed E-state index contributed by atoms with van der Waals surface area (Å²) in [5.74, 6) is 4.30. The third-order valence-electron chi connectivity index (χ3n) is 2.61. The van der Waals surface area contributed by atoms with E-state index in [-0.39, 0.29) is 10.6 Å². The fraction of sp³-hybridized carbons (Fsp3) is 0. The molecule has 5 nitrogen and oxygen atoms in total. The first kappa shape index (κ1) is 15.3. The third kappa shape index (κ3) is 3.72. The summed E-state index contributed by atoms with van der Waals surface area (Å²) in [6, 6.07) is 10.4. The summed E-state index contributed by atoms with van der Waals surface area (Å²) in [6.07, 6.45) is 0. The Hall–Kier alpha value is -2.08. The van der Waals surface area contributed by atoms with Crippen molar-refractivity contribution in [1.29, 1.82) is 0 Å². The molecule has 7 heteroatoms. The van der Waals surface area contributed by atoms with Crippen molar-refractivity contribution in [2.24, 2.45) is 5.84 Å². The van der Waals surface area contributed by atoms with Crippen LogP contribution in [0.15, 0.2) is 42.5 Å². The summed E-state index contributed by atoms with van der Waals surface area (Å²) in [5, 5.41) is 0.617. The number of benzene rings is 2. The second-order valence-electron chi connectivity index (χ2n) is 4.02. The van der Waals surface area contributed by atoms with E-state index in [2.05, 4.69) is 0 Å². The van der Waals surface area contributed by atoms with Crippen molar-refractivity contribution in [2.45, 2.75) is 0 Å². The molecule has 0 heterocycles. The highest BCUT2D eigenvalue weighted by Gasteiger charge is 2.11. The molecule has 2 rings (SSSR count). The SMILES string of the molecule is NNC(=O)c1ccc(OC(=O)c2ccc(Cl)c(Cl)c2)cc1. The van der Waals surface area contributed by atoms with E-state index in [9.17, 15) is 9.59 Å². The molecule has 3 N–H and O–H groups in total. The van der Waals surface area contributed by atoms with Gasteiger partial charge in [0.05, 0.1) is 15.6 Å². The van der Waals surface area contributed by atoms with Gasteiger partial charge in [-0.1, -0.05) is 23.2 Å². The highest BCUT2D eigenvalue weighted by atomic mass is 35.5. The summed E-state index contributed by atoms with van der Waals surface area (Å²) in [5.41, 5.74) is 2.63. The average molecular weight is 325 g/mol. The number of amides is 1. The fourth-order valence-electron chi connectivity index (χ4n) is 1.55. The zero-order chi connectivity index (χ0) is 15.4. The minimum Gasteiger partial charge on any atom is -0.423 e. The van der Waals surface area contributed by atoms with E-state index in [1.54, 1.807) is 0 Å². The number of nitrogen functional groups attached to an aromatic ring is 1. The highest BCUT2D eigenvalue weighted by Crippen LogP contribution is 2.23. The highest BCUT2D eigenvalue weighted by molar-refractivity contribution is 6.42. The molecular weight excluding hydrogens is 315 g/mol. The Morgan fingerprint density at radius 3 is 2.14 bits per heavy atom. The number of rotatable bonds is 3. The van der Waals surface area contributed by atoms with Crippen molar-refractivity contribution in [3.8, 4) is 5.75 Å². The maximum atomic E-state index is 11.9. The predicted molar refractivity (Wildman–Crippen MR) is 79.5 cm³/mol. The Balaban J connectivity index is 2.12. The molecule has 0 saturated heterocycles. The van der Waals surface area contributed by atoms with E-state index in [4.69, 9.17) is 33.8 Å². The zero-order valence-electron chi connectivity index (χ0n) is 10.6. The van der Waals surface area contributed by atoms with Crippen molar-refractivity contribution in [3.63, 3.8) is 0 Å². The first-order valence-corrected chi connectivity index (χ1v) is 6.55. The molecule has 0 aromatic heterocycles. The number of ether oxygens (including phenoxy) is 1. The van der Waals surface area contributed by atoms with Crippen LogP contribution in [0.5, 0.6) is 5.75 Å². The summed E-state index contributed by atoms with van der Waals surface area (Å²) in [6.45, 7) is 0. The van der Waals surface area contributed by atoms with E-state index in [0.717, 1.165) is 0 Å². The summed E-state index contributed by atoms with van der Waals surface area (Å²) >= 11 is 11.6. The molecule has 0 aliphatic heterocycles. The standard InChI is InChI=1S/C14H10Cl2N2O3/c15-11-6-3-9(7-12(11)16)14(20)21-10-4-1-8(2-5-10)13(19)18-17/h1-7H,17H2,(H,18,19). The molecule has 0 aliphatic carbocycles. The molecule has 0 saturated carbocycles. The number of nitrogens with one attached hydrogen (secondary N) is 1. The quantitative estimate of drug-likeness (QED) is 0.299. The molecule has 0 radical (unpaired) electrons. The van der Waals surface area contributed by atoms with E-state index >= 15 is 0 Å². The summed E-state index contributed by atoms with van der Waals surface area (Å²) < 4.78 is 5.16. The Kier molecular flexibility index (Phi) is 4.80. The molecule has 0 bridgehead atoms. The van der Waals surface area contributed by atoms with Gasteiger partial charge in [-0.2, -0.15) is 0 Å². The molecule has 21 heavy (non-hydrogen) atoms. The maximum absolute atomic E-state index is 11.9. The van der Waals surface area contributed by atoms with Gasteiger partial charge in [0.2, 0.25) is 0 Å². The van der Waals surface area contributed by atoms with Gasteiger partial charge in [-0.3, -0.25) is 10.2 Å². The van der Waals surface area contributed by atoms with Crippen LogP contribution in [0.25, 0.3) is 0 Å². The van der Waals surface area contributed by atoms with E-state index in [0.29, 0.717) is 16.3 Å². The van der Waals surface area contributed by atoms with Gasteiger partial charge in [-0.05, 0) is 42.5 Å². The molecule has 0 spiro atoms. The molecule has 0 unspecified atom stereocenters. The predicted octanol–water partition coefficient (Wildman–Crippen LogP) is 2.82. The molecule has 0 fully saturated rings. The van der Waals surface area contributed by atoms with Crippen molar-refractivity contribution in [3.05, 3.63) is 63.6 Å². The number of halogens is 2. The summed E-state index contributed by atoms with van der Waals surface area (Å²) in [7, 11) is 0. The van der Waals surface area contributed by atoms with Crippen LogP contribution >= 0.6 is 23.2 Å². The fourth-order valence-corrected chi connectivity index (χ4v) is 1.84. The lowest BCUT2D eigenvalue weighted by molar-refractivity contribution is 0.0734. The molecule has 2 aromatic rings. The average Bonchev–Trinajstić information content (AvgIpc) is 2.50. The van der Waals surface area contributed by atoms with Crippen LogP contribution in [0.3, 0.4) is 0 Å². The normalized spacial score (nSPS) is 10.0.